The fourth-order valence-electron chi connectivity index (χ4n) is 6.91. The molecule has 1 saturated carbocycles. The number of sulfonamides is 1. The number of ether oxygens (including phenoxy) is 2. The molecule has 1 unspecified atom stereocenters. The minimum absolute atomic E-state index is 0.00326. The van der Waals surface area contributed by atoms with Crippen molar-refractivity contribution in [2.75, 3.05) is 39.5 Å². The highest BCUT2D eigenvalue weighted by Crippen LogP contribution is 2.46. The highest BCUT2D eigenvalue weighted by atomic mass is 32.2. The van der Waals surface area contributed by atoms with Gasteiger partial charge in [-0.2, -0.15) is 4.31 Å². The molecule has 3 aromatic carbocycles. The van der Waals surface area contributed by atoms with Crippen LogP contribution in [-0.4, -0.2) is 98.8 Å². The molecule has 13 heteroatoms. The van der Waals surface area contributed by atoms with Crippen molar-refractivity contribution in [3.8, 4) is 16.9 Å². The van der Waals surface area contributed by atoms with E-state index in [1.54, 1.807) is 34.6 Å². The van der Waals surface area contributed by atoms with Gasteiger partial charge in [0, 0.05) is 37.8 Å². The lowest BCUT2D eigenvalue weighted by atomic mass is 9.88. The standard InChI is InChI=1S/C39H53N3O8S2/c1-4-37(2,3)41-24-29-11-13-30(14-12-29)31-7-5-10-36(21-31)52(47,48)42-19-17-38(18-20-42)23-32(26-50-38)40-25-33(44)27-49-34-8-6-9-35(22-34)51(45,46)39(28-43)15-16-39/h5-14,21-22,32-33,40-41,43-44H,4,15-20,23-28H2,1-3H3/t32-,33?/m1/s1. The summed E-state index contributed by atoms with van der Waals surface area (Å²) in [6.45, 7) is 8.29. The molecule has 2 heterocycles. The summed E-state index contributed by atoms with van der Waals surface area (Å²) in [5.74, 6) is 0.333. The Morgan fingerprint density at radius 1 is 0.942 bits per heavy atom. The van der Waals surface area contributed by atoms with Gasteiger partial charge >= 0.3 is 0 Å². The Kier molecular flexibility index (Phi) is 11.5. The van der Waals surface area contributed by atoms with Crippen molar-refractivity contribution in [3.05, 3.63) is 78.4 Å². The van der Waals surface area contributed by atoms with Crippen LogP contribution in [0.5, 0.6) is 5.75 Å². The third-order valence-corrected chi connectivity index (χ3v) is 15.6. The lowest BCUT2D eigenvalue weighted by Gasteiger charge is -2.38. The van der Waals surface area contributed by atoms with Crippen LogP contribution in [0.4, 0.5) is 0 Å². The van der Waals surface area contributed by atoms with E-state index < -0.39 is 42.9 Å². The molecule has 2 saturated heterocycles. The second kappa shape index (κ2) is 15.5. The molecule has 0 bridgehead atoms. The second-order valence-electron chi connectivity index (χ2n) is 15.3. The molecule has 2 aliphatic heterocycles. The van der Waals surface area contributed by atoms with Gasteiger partial charge in [-0.15, -0.1) is 0 Å². The third-order valence-electron chi connectivity index (χ3n) is 11.1. The summed E-state index contributed by atoms with van der Waals surface area (Å²) in [4.78, 5) is 0.385. The van der Waals surface area contributed by atoms with Crippen molar-refractivity contribution >= 4 is 19.9 Å². The van der Waals surface area contributed by atoms with Crippen molar-refractivity contribution in [2.24, 2.45) is 0 Å². The monoisotopic (exact) mass is 755 g/mol. The van der Waals surface area contributed by atoms with Gasteiger partial charge in [-0.05, 0) is 99.4 Å². The topological polar surface area (TPSA) is 154 Å². The number of nitrogens with zero attached hydrogens (tertiary/aromatic N) is 1. The van der Waals surface area contributed by atoms with Gasteiger partial charge in [-0.1, -0.05) is 49.4 Å². The van der Waals surface area contributed by atoms with Gasteiger partial charge in [0.1, 0.15) is 18.5 Å². The zero-order valence-electron chi connectivity index (χ0n) is 30.4. The maximum atomic E-state index is 13.8. The van der Waals surface area contributed by atoms with E-state index in [2.05, 4.69) is 43.5 Å². The zero-order chi connectivity index (χ0) is 37.2. The van der Waals surface area contributed by atoms with Gasteiger partial charge in [0.05, 0.1) is 33.4 Å². The average Bonchev–Trinajstić information content (AvgIpc) is 3.88. The van der Waals surface area contributed by atoms with Crippen LogP contribution in [0.3, 0.4) is 0 Å². The van der Waals surface area contributed by atoms with Crippen molar-refractivity contribution in [2.45, 2.75) is 104 Å². The zero-order valence-corrected chi connectivity index (χ0v) is 32.0. The summed E-state index contributed by atoms with van der Waals surface area (Å²) >= 11 is 0. The Hall–Kier alpha value is -2.88. The molecular formula is C39H53N3O8S2. The number of rotatable bonds is 16. The van der Waals surface area contributed by atoms with Crippen LogP contribution in [0.15, 0.2) is 82.6 Å². The first-order valence-corrected chi connectivity index (χ1v) is 21.2. The van der Waals surface area contributed by atoms with E-state index in [0.29, 0.717) is 57.6 Å². The van der Waals surface area contributed by atoms with Crippen LogP contribution in [0.1, 0.15) is 64.9 Å². The largest absolute Gasteiger partial charge is 0.491 e. The van der Waals surface area contributed by atoms with Crippen LogP contribution in [-0.2, 0) is 31.1 Å². The normalized spacial score (nSPS) is 20.9. The van der Waals surface area contributed by atoms with E-state index >= 15 is 0 Å². The maximum Gasteiger partial charge on any atom is 0.243 e. The molecule has 0 amide bonds. The summed E-state index contributed by atoms with van der Waals surface area (Å²) < 4.78 is 65.8. The maximum absolute atomic E-state index is 13.8. The molecule has 3 aliphatic rings. The summed E-state index contributed by atoms with van der Waals surface area (Å²) in [5.41, 5.74) is 2.64. The Morgan fingerprint density at radius 2 is 1.63 bits per heavy atom. The summed E-state index contributed by atoms with van der Waals surface area (Å²) in [5, 5.41) is 27.1. The lowest BCUT2D eigenvalue weighted by Crippen LogP contribution is -2.47. The van der Waals surface area contributed by atoms with Crippen molar-refractivity contribution in [1.29, 1.82) is 0 Å². The van der Waals surface area contributed by atoms with E-state index in [4.69, 9.17) is 9.47 Å². The molecule has 11 nitrogen and oxygen atoms in total. The number of piperidine rings is 1. The first-order valence-electron chi connectivity index (χ1n) is 18.3. The molecule has 0 aromatic heterocycles. The van der Waals surface area contributed by atoms with Crippen LogP contribution in [0, 0.1) is 0 Å². The minimum atomic E-state index is -3.70. The molecule has 0 radical (unpaired) electrons. The Bertz CT molecular complexity index is 1910. The van der Waals surface area contributed by atoms with E-state index in [-0.39, 0.29) is 34.5 Å². The quantitative estimate of drug-likeness (QED) is 0.167. The highest BCUT2D eigenvalue weighted by Gasteiger charge is 2.54. The van der Waals surface area contributed by atoms with Crippen molar-refractivity contribution < 1.29 is 36.5 Å². The van der Waals surface area contributed by atoms with Gasteiger partial charge < -0.3 is 30.3 Å². The van der Waals surface area contributed by atoms with Gasteiger partial charge in [-0.3, -0.25) is 0 Å². The summed E-state index contributed by atoms with van der Waals surface area (Å²) in [7, 11) is -7.37. The second-order valence-corrected chi connectivity index (χ2v) is 19.6. The first kappa shape index (κ1) is 38.8. The van der Waals surface area contributed by atoms with Crippen molar-refractivity contribution in [3.63, 3.8) is 0 Å². The number of hydrogen-bond donors (Lipinski definition) is 4. The average molecular weight is 756 g/mol. The smallest absolute Gasteiger partial charge is 0.243 e. The van der Waals surface area contributed by atoms with Gasteiger partial charge in [0.15, 0.2) is 9.84 Å². The number of nitrogens with one attached hydrogen (secondary N) is 2. The van der Waals surface area contributed by atoms with E-state index in [9.17, 15) is 27.0 Å². The highest BCUT2D eigenvalue weighted by molar-refractivity contribution is 7.93. The predicted octanol–water partition coefficient (Wildman–Crippen LogP) is 4.27. The molecule has 3 aromatic rings. The molecule has 2 atom stereocenters. The van der Waals surface area contributed by atoms with Gasteiger partial charge in [0.25, 0.3) is 0 Å². The van der Waals surface area contributed by atoms with Gasteiger partial charge in [0.2, 0.25) is 10.0 Å². The summed E-state index contributed by atoms with van der Waals surface area (Å²) in [6, 6.07) is 21.6. The fourth-order valence-corrected chi connectivity index (χ4v) is 10.2. The van der Waals surface area contributed by atoms with Crippen LogP contribution in [0.2, 0.25) is 0 Å². The molecule has 1 aliphatic carbocycles. The number of sulfone groups is 1. The molecular weight excluding hydrogens is 703 g/mol. The SMILES string of the molecule is CCC(C)(C)NCc1ccc(-c2cccc(S(=O)(=O)N3CCC4(CC3)C[C@@H](NCC(O)COc3cccc(S(=O)(=O)C5(CO)CC5)c3)CO4)c2)cc1. The Labute approximate surface area is 308 Å². The molecule has 6 rings (SSSR count). The third kappa shape index (κ3) is 8.57. The minimum Gasteiger partial charge on any atom is -0.491 e. The number of aliphatic hydroxyl groups excluding tert-OH is 2. The van der Waals surface area contributed by atoms with E-state index in [0.717, 1.165) is 24.1 Å². The Morgan fingerprint density at radius 3 is 2.31 bits per heavy atom. The van der Waals surface area contributed by atoms with Crippen LogP contribution in [0.25, 0.3) is 11.1 Å². The number of hydrogen-bond acceptors (Lipinski definition) is 10. The van der Waals surface area contributed by atoms with Crippen LogP contribution >= 0.6 is 0 Å². The Balaban J connectivity index is 0.967. The fraction of sp³-hybridized carbons (Fsp3) is 0.538. The lowest BCUT2D eigenvalue weighted by molar-refractivity contribution is -0.0312. The van der Waals surface area contributed by atoms with Gasteiger partial charge in [-0.25, -0.2) is 16.8 Å². The molecule has 284 valence electrons. The molecule has 1 spiro atoms. The first-order chi connectivity index (χ1) is 24.7. The summed E-state index contributed by atoms with van der Waals surface area (Å²) in [6.07, 6.45) is 2.92. The molecule has 4 N–H and O–H groups in total. The number of benzene rings is 3. The van der Waals surface area contributed by atoms with E-state index in [1.165, 1.54) is 17.7 Å². The van der Waals surface area contributed by atoms with Crippen LogP contribution < -0.4 is 15.4 Å². The van der Waals surface area contributed by atoms with E-state index in [1.807, 2.05) is 18.2 Å². The predicted molar refractivity (Wildman–Crippen MR) is 200 cm³/mol. The number of aliphatic hydroxyl groups is 2. The molecule has 3 fully saturated rings. The molecule has 52 heavy (non-hydrogen) atoms. The van der Waals surface area contributed by atoms with Crippen molar-refractivity contribution in [1.82, 2.24) is 14.9 Å².